The monoisotopic (exact) mass is 194 g/mol. The molecule has 1 aliphatic heterocycles. The van der Waals surface area contributed by atoms with E-state index in [1.807, 2.05) is 18.2 Å². The van der Waals surface area contributed by atoms with Crippen LogP contribution < -0.4 is 5.73 Å². The van der Waals surface area contributed by atoms with Crippen LogP contribution in [-0.2, 0) is 10.2 Å². The molecule has 1 aromatic rings. The van der Waals surface area contributed by atoms with Crippen molar-refractivity contribution in [2.45, 2.75) is 11.5 Å². The third kappa shape index (κ3) is 1.32. The van der Waals surface area contributed by atoms with Crippen molar-refractivity contribution in [3.8, 4) is 0 Å². The highest BCUT2D eigenvalue weighted by atomic mass is 16.5. The second kappa shape index (κ2) is 3.65. The van der Waals surface area contributed by atoms with Crippen LogP contribution in [0, 0.1) is 0 Å². The fourth-order valence-electron chi connectivity index (χ4n) is 1.72. The third-order valence-corrected chi connectivity index (χ3v) is 2.76. The first-order valence-electron chi connectivity index (χ1n) is 4.67. The standard InChI is InChI=1S/C10H14N2O2/c11-5-9(13)10(6-14-7-10)8-3-1-2-4-12-8/h1-4,9,13H,5-7,11H2. The van der Waals surface area contributed by atoms with Crippen molar-refractivity contribution in [3.05, 3.63) is 30.1 Å². The summed E-state index contributed by atoms with van der Waals surface area (Å²) in [6, 6.07) is 5.67. The van der Waals surface area contributed by atoms with Crippen molar-refractivity contribution in [1.29, 1.82) is 0 Å². The van der Waals surface area contributed by atoms with Gasteiger partial charge in [-0.3, -0.25) is 4.98 Å². The molecule has 1 unspecified atom stereocenters. The van der Waals surface area contributed by atoms with Crippen LogP contribution >= 0.6 is 0 Å². The van der Waals surface area contributed by atoms with Gasteiger partial charge < -0.3 is 15.6 Å². The molecule has 1 fully saturated rings. The van der Waals surface area contributed by atoms with E-state index in [1.54, 1.807) is 6.20 Å². The zero-order valence-electron chi connectivity index (χ0n) is 7.89. The number of aromatic nitrogens is 1. The van der Waals surface area contributed by atoms with Crippen molar-refractivity contribution in [3.63, 3.8) is 0 Å². The van der Waals surface area contributed by atoms with Gasteiger partial charge in [-0.1, -0.05) is 6.07 Å². The summed E-state index contributed by atoms with van der Waals surface area (Å²) in [6.45, 7) is 1.24. The van der Waals surface area contributed by atoms with Crippen LogP contribution in [0.3, 0.4) is 0 Å². The second-order valence-electron chi connectivity index (χ2n) is 3.62. The second-order valence-corrected chi connectivity index (χ2v) is 3.62. The number of rotatable bonds is 3. The van der Waals surface area contributed by atoms with Crippen molar-refractivity contribution < 1.29 is 9.84 Å². The molecular formula is C10H14N2O2. The van der Waals surface area contributed by atoms with Crippen LogP contribution in [0.5, 0.6) is 0 Å². The normalized spacial score (nSPS) is 21.3. The number of nitrogens with zero attached hydrogens (tertiary/aromatic N) is 1. The van der Waals surface area contributed by atoms with Gasteiger partial charge in [0.25, 0.3) is 0 Å². The average Bonchev–Trinajstić information content (AvgIpc) is 2.17. The Balaban J connectivity index is 2.29. The number of nitrogens with two attached hydrogens (primary N) is 1. The average molecular weight is 194 g/mol. The van der Waals surface area contributed by atoms with Crippen molar-refractivity contribution in [1.82, 2.24) is 4.98 Å². The predicted octanol–water partition coefficient (Wildman–Crippen LogP) is -0.331. The van der Waals surface area contributed by atoms with E-state index in [4.69, 9.17) is 10.5 Å². The van der Waals surface area contributed by atoms with Gasteiger partial charge in [0.2, 0.25) is 0 Å². The maximum atomic E-state index is 9.84. The molecule has 1 saturated heterocycles. The maximum Gasteiger partial charge on any atom is 0.0863 e. The quantitative estimate of drug-likeness (QED) is 0.691. The van der Waals surface area contributed by atoms with Crippen molar-refractivity contribution in [2.24, 2.45) is 5.73 Å². The predicted molar refractivity (Wildman–Crippen MR) is 51.8 cm³/mol. The highest BCUT2D eigenvalue weighted by Crippen LogP contribution is 2.34. The number of pyridine rings is 1. The summed E-state index contributed by atoms with van der Waals surface area (Å²) < 4.78 is 5.16. The maximum absolute atomic E-state index is 9.84. The Hall–Kier alpha value is -0.970. The lowest BCUT2D eigenvalue weighted by Crippen LogP contribution is -2.58. The molecule has 2 rings (SSSR count). The van der Waals surface area contributed by atoms with E-state index in [1.165, 1.54) is 0 Å². The molecule has 0 spiro atoms. The summed E-state index contributed by atoms with van der Waals surface area (Å²) in [7, 11) is 0. The van der Waals surface area contributed by atoms with Gasteiger partial charge in [-0.15, -0.1) is 0 Å². The first-order chi connectivity index (χ1) is 6.79. The molecule has 0 saturated carbocycles. The molecule has 0 bridgehead atoms. The third-order valence-electron chi connectivity index (χ3n) is 2.76. The van der Waals surface area contributed by atoms with Gasteiger partial charge in [0.05, 0.1) is 30.4 Å². The van der Waals surface area contributed by atoms with Crippen LogP contribution in [-0.4, -0.2) is 36.0 Å². The molecule has 14 heavy (non-hydrogen) atoms. The largest absolute Gasteiger partial charge is 0.391 e. The molecule has 1 aliphatic rings. The molecule has 0 aliphatic carbocycles. The van der Waals surface area contributed by atoms with E-state index in [0.717, 1.165) is 5.69 Å². The Labute approximate surface area is 82.7 Å². The number of hydrogen-bond donors (Lipinski definition) is 2. The number of aliphatic hydroxyl groups is 1. The molecule has 0 radical (unpaired) electrons. The lowest BCUT2D eigenvalue weighted by molar-refractivity contribution is -0.118. The molecule has 1 atom stereocenters. The minimum Gasteiger partial charge on any atom is -0.391 e. The zero-order chi connectivity index (χ0) is 10.0. The van der Waals surface area contributed by atoms with Crippen LogP contribution in [0.2, 0.25) is 0 Å². The SMILES string of the molecule is NCC(O)C1(c2ccccn2)COC1. The van der Waals surface area contributed by atoms with Crippen LogP contribution in [0.15, 0.2) is 24.4 Å². The van der Waals surface area contributed by atoms with Crippen LogP contribution in [0.1, 0.15) is 5.69 Å². The fraction of sp³-hybridized carbons (Fsp3) is 0.500. The fourth-order valence-corrected chi connectivity index (χ4v) is 1.72. The molecule has 3 N–H and O–H groups in total. The summed E-state index contributed by atoms with van der Waals surface area (Å²) in [5.74, 6) is 0. The van der Waals surface area contributed by atoms with Gasteiger partial charge in [-0.25, -0.2) is 0 Å². The number of hydrogen-bond acceptors (Lipinski definition) is 4. The molecule has 2 heterocycles. The summed E-state index contributed by atoms with van der Waals surface area (Å²) >= 11 is 0. The van der Waals surface area contributed by atoms with E-state index < -0.39 is 6.10 Å². The molecule has 4 heteroatoms. The van der Waals surface area contributed by atoms with Crippen LogP contribution in [0.4, 0.5) is 0 Å². The molecule has 0 amide bonds. The Morgan fingerprint density at radius 3 is 2.79 bits per heavy atom. The highest BCUT2D eigenvalue weighted by molar-refractivity contribution is 5.23. The topological polar surface area (TPSA) is 68.4 Å². The summed E-state index contributed by atoms with van der Waals surface area (Å²) in [4.78, 5) is 4.25. The summed E-state index contributed by atoms with van der Waals surface area (Å²) in [5, 5.41) is 9.84. The molecule has 1 aromatic heterocycles. The van der Waals surface area contributed by atoms with Crippen molar-refractivity contribution in [2.75, 3.05) is 19.8 Å². The van der Waals surface area contributed by atoms with E-state index in [0.29, 0.717) is 13.2 Å². The van der Waals surface area contributed by atoms with Gasteiger partial charge in [0, 0.05) is 12.7 Å². The Kier molecular flexibility index (Phi) is 2.50. The van der Waals surface area contributed by atoms with Gasteiger partial charge in [0.1, 0.15) is 0 Å². The Bertz CT molecular complexity index is 298. The first kappa shape index (κ1) is 9.58. The number of aliphatic hydroxyl groups excluding tert-OH is 1. The van der Waals surface area contributed by atoms with E-state index >= 15 is 0 Å². The van der Waals surface area contributed by atoms with E-state index in [-0.39, 0.29) is 12.0 Å². The highest BCUT2D eigenvalue weighted by Gasteiger charge is 2.47. The first-order valence-corrected chi connectivity index (χ1v) is 4.67. The zero-order valence-corrected chi connectivity index (χ0v) is 7.89. The lowest BCUT2D eigenvalue weighted by Gasteiger charge is -2.43. The van der Waals surface area contributed by atoms with Gasteiger partial charge in [-0.05, 0) is 12.1 Å². The Morgan fingerprint density at radius 1 is 1.57 bits per heavy atom. The van der Waals surface area contributed by atoms with Crippen molar-refractivity contribution >= 4 is 0 Å². The molecule has 0 aromatic carbocycles. The number of ether oxygens (including phenoxy) is 1. The van der Waals surface area contributed by atoms with E-state index in [9.17, 15) is 5.11 Å². The van der Waals surface area contributed by atoms with Gasteiger partial charge >= 0.3 is 0 Å². The smallest absolute Gasteiger partial charge is 0.0863 e. The van der Waals surface area contributed by atoms with Gasteiger partial charge in [-0.2, -0.15) is 0 Å². The van der Waals surface area contributed by atoms with Crippen LogP contribution in [0.25, 0.3) is 0 Å². The van der Waals surface area contributed by atoms with Gasteiger partial charge in [0.15, 0.2) is 0 Å². The minimum absolute atomic E-state index is 0.236. The molecule has 76 valence electrons. The summed E-state index contributed by atoms with van der Waals surface area (Å²) in [6.07, 6.45) is 1.14. The Morgan fingerprint density at radius 2 is 2.36 bits per heavy atom. The lowest BCUT2D eigenvalue weighted by atomic mass is 9.76. The van der Waals surface area contributed by atoms with E-state index in [2.05, 4.69) is 4.98 Å². The molecule has 4 nitrogen and oxygen atoms in total. The minimum atomic E-state index is -0.578. The summed E-state index contributed by atoms with van der Waals surface area (Å²) in [5.41, 5.74) is 5.96. The molecular weight excluding hydrogens is 180 g/mol.